The monoisotopic (exact) mass is 334 g/mol. The summed E-state index contributed by atoms with van der Waals surface area (Å²) < 4.78 is 1.20. The molecule has 2 aromatic carbocycles. The van der Waals surface area contributed by atoms with Gasteiger partial charge in [0.2, 0.25) is 0 Å². The van der Waals surface area contributed by atoms with Gasteiger partial charge in [-0.2, -0.15) is 0 Å². The highest BCUT2D eigenvalue weighted by atomic mass is 35.5. The van der Waals surface area contributed by atoms with Crippen LogP contribution in [-0.2, 0) is 17.6 Å². The van der Waals surface area contributed by atoms with Crippen LogP contribution in [0.4, 0.5) is 0 Å². The van der Waals surface area contributed by atoms with Gasteiger partial charge in [0.1, 0.15) is 5.78 Å². The number of carbonyl (C=O) groups excluding carboxylic acids is 1. The number of benzene rings is 2. The molecule has 1 aromatic heterocycles. The van der Waals surface area contributed by atoms with Gasteiger partial charge in [-0.25, -0.2) is 0 Å². The first-order valence-electron chi connectivity index (χ1n) is 6.55. The van der Waals surface area contributed by atoms with Crippen LogP contribution in [0.1, 0.15) is 11.1 Å². The second kappa shape index (κ2) is 6.18. The zero-order valence-corrected chi connectivity index (χ0v) is 13.4. The van der Waals surface area contributed by atoms with Crippen molar-refractivity contribution in [3.63, 3.8) is 0 Å². The minimum atomic E-state index is 0.119. The number of Topliss-reactive ketones (excluding diaryl/α,β-unsaturated/α-hetero) is 1. The zero-order chi connectivity index (χ0) is 14.8. The molecule has 1 heterocycles. The number of hydrogen-bond acceptors (Lipinski definition) is 2. The van der Waals surface area contributed by atoms with Gasteiger partial charge < -0.3 is 0 Å². The molecule has 106 valence electrons. The van der Waals surface area contributed by atoms with Crippen LogP contribution >= 0.6 is 34.5 Å². The number of rotatable bonds is 4. The summed E-state index contributed by atoms with van der Waals surface area (Å²) in [6, 6.07) is 13.4. The van der Waals surface area contributed by atoms with Crippen molar-refractivity contribution in [3.8, 4) is 0 Å². The van der Waals surface area contributed by atoms with E-state index in [0.29, 0.717) is 22.0 Å². The van der Waals surface area contributed by atoms with E-state index in [0.717, 1.165) is 10.9 Å². The predicted molar refractivity (Wildman–Crippen MR) is 90.7 cm³/mol. The van der Waals surface area contributed by atoms with Crippen LogP contribution in [0.5, 0.6) is 0 Å². The Kier molecular flexibility index (Phi) is 4.29. The van der Waals surface area contributed by atoms with Crippen molar-refractivity contribution < 1.29 is 4.79 Å². The summed E-state index contributed by atoms with van der Waals surface area (Å²) in [7, 11) is 0. The summed E-state index contributed by atoms with van der Waals surface area (Å²) in [5.41, 5.74) is 1.79. The van der Waals surface area contributed by atoms with Gasteiger partial charge in [0, 0.05) is 27.6 Å². The maximum atomic E-state index is 12.3. The summed E-state index contributed by atoms with van der Waals surface area (Å²) in [4.78, 5) is 12.3. The SMILES string of the molecule is O=C(Cc1c(Cl)cccc1Cl)Cc1csc2ccccc12. The van der Waals surface area contributed by atoms with Crippen molar-refractivity contribution in [1.29, 1.82) is 0 Å². The number of hydrogen-bond donors (Lipinski definition) is 0. The molecule has 0 amide bonds. The molecule has 0 aliphatic rings. The fourth-order valence-electron chi connectivity index (χ4n) is 2.34. The van der Waals surface area contributed by atoms with Gasteiger partial charge in [-0.3, -0.25) is 4.79 Å². The highest BCUT2D eigenvalue weighted by Gasteiger charge is 2.13. The van der Waals surface area contributed by atoms with E-state index in [1.165, 1.54) is 4.70 Å². The summed E-state index contributed by atoms with van der Waals surface area (Å²) in [5, 5.41) is 4.30. The van der Waals surface area contributed by atoms with Crippen molar-refractivity contribution in [1.82, 2.24) is 0 Å². The fraction of sp³-hybridized carbons (Fsp3) is 0.118. The smallest absolute Gasteiger partial charge is 0.141 e. The second-order valence-corrected chi connectivity index (χ2v) is 6.58. The quantitative estimate of drug-likeness (QED) is 0.610. The van der Waals surface area contributed by atoms with Crippen molar-refractivity contribution in [2.24, 2.45) is 0 Å². The van der Waals surface area contributed by atoms with Crippen LogP contribution in [0.15, 0.2) is 47.8 Å². The predicted octanol–water partition coefficient (Wildman–Crippen LogP) is 5.56. The van der Waals surface area contributed by atoms with Crippen LogP contribution in [-0.4, -0.2) is 5.78 Å². The third-order valence-corrected chi connectivity index (χ3v) is 5.10. The third kappa shape index (κ3) is 3.13. The normalized spacial score (nSPS) is 11.0. The standard InChI is InChI=1S/C17H12Cl2OS/c18-15-5-3-6-16(19)14(15)9-12(20)8-11-10-21-17-7-2-1-4-13(11)17/h1-7,10H,8-9H2. The molecular formula is C17H12Cl2OS. The molecule has 0 radical (unpaired) electrons. The molecule has 3 rings (SSSR count). The van der Waals surface area contributed by atoms with E-state index < -0.39 is 0 Å². The molecule has 0 fully saturated rings. The summed E-state index contributed by atoms with van der Waals surface area (Å²) in [6.07, 6.45) is 0.675. The summed E-state index contributed by atoms with van der Waals surface area (Å²) >= 11 is 13.9. The first-order valence-corrected chi connectivity index (χ1v) is 8.18. The minimum absolute atomic E-state index is 0.119. The molecular weight excluding hydrogens is 323 g/mol. The molecule has 21 heavy (non-hydrogen) atoms. The van der Waals surface area contributed by atoms with E-state index in [9.17, 15) is 4.79 Å². The lowest BCUT2D eigenvalue weighted by molar-refractivity contribution is -0.117. The van der Waals surface area contributed by atoms with Gasteiger partial charge in [-0.1, -0.05) is 47.5 Å². The summed E-state index contributed by atoms with van der Waals surface area (Å²) in [6.45, 7) is 0. The number of halogens is 2. The number of ketones is 1. The lowest BCUT2D eigenvalue weighted by atomic mass is 10.0. The van der Waals surface area contributed by atoms with Gasteiger partial charge in [-0.15, -0.1) is 11.3 Å². The van der Waals surface area contributed by atoms with Gasteiger partial charge >= 0.3 is 0 Å². The lowest BCUT2D eigenvalue weighted by Gasteiger charge is -2.06. The van der Waals surface area contributed by atoms with Crippen molar-refractivity contribution in [3.05, 3.63) is 69.0 Å². The van der Waals surface area contributed by atoms with E-state index in [2.05, 4.69) is 17.5 Å². The van der Waals surface area contributed by atoms with Crippen LogP contribution in [0.25, 0.3) is 10.1 Å². The highest BCUT2D eigenvalue weighted by Crippen LogP contribution is 2.28. The molecule has 3 aromatic rings. The van der Waals surface area contributed by atoms with Crippen LogP contribution < -0.4 is 0 Å². The molecule has 1 nitrogen and oxygen atoms in total. The molecule has 0 aliphatic heterocycles. The minimum Gasteiger partial charge on any atom is -0.299 e. The van der Waals surface area contributed by atoms with Crippen LogP contribution in [0.3, 0.4) is 0 Å². The van der Waals surface area contributed by atoms with Crippen LogP contribution in [0.2, 0.25) is 10.0 Å². The van der Waals surface area contributed by atoms with Crippen molar-refractivity contribution in [2.45, 2.75) is 12.8 Å². The Balaban J connectivity index is 1.81. The maximum absolute atomic E-state index is 12.3. The number of fused-ring (bicyclic) bond motifs is 1. The highest BCUT2D eigenvalue weighted by molar-refractivity contribution is 7.17. The van der Waals surface area contributed by atoms with E-state index in [1.54, 1.807) is 29.5 Å². The molecule has 0 aliphatic carbocycles. The first-order chi connectivity index (χ1) is 10.1. The van der Waals surface area contributed by atoms with Gasteiger partial charge in [-0.05, 0) is 40.1 Å². The van der Waals surface area contributed by atoms with Crippen LogP contribution in [0, 0.1) is 0 Å². The Labute approximate surface area is 137 Å². The Morgan fingerprint density at radius 3 is 2.43 bits per heavy atom. The molecule has 0 saturated carbocycles. The molecule has 4 heteroatoms. The maximum Gasteiger partial charge on any atom is 0.141 e. The molecule has 0 atom stereocenters. The van der Waals surface area contributed by atoms with Gasteiger partial charge in [0.05, 0.1) is 0 Å². The molecule has 0 spiro atoms. The Hall–Kier alpha value is -1.35. The Morgan fingerprint density at radius 2 is 1.67 bits per heavy atom. The number of carbonyl (C=O) groups is 1. The van der Waals surface area contributed by atoms with Gasteiger partial charge in [0.15, 0.2) is 0 Å². The Bertz CT molecular complexity index is 787. The molecule has 0 bridgehead atoms. The van der Waals surface area contributed by atoms with E-state index in [4.69, 9.17) is 23.2 Å². The average molecular weight is 335 g/mol. The molecule has 0 unspecified atom stereocenters. The van der Waals surface area contributed by atoms with E-state index >= 15 is 0 Å². The largest absolute Gasteiger partial charge is 0.299 e. The van der Waals surface area contributed by atoms with Gasteiger partial charge in [0.25, 0.3) is 0 Å². The average Bonchev–Trinajstić information content (AvgIpc) is 2.87. The fourth-order valence-corrected chi connectivity index (χ4v) is 3.84. The van der Waals surface area contributed by atoms with E-state index in [-0.39, 0.29) is 12.2 Å². The zero-order valence-electron chi connectivity index (χ0n) is 11.1. The first kappa shape index (κ1) is 14.6. The number of thiophene rings is 1. The topological polar surface area (TPSA) is 17.1 Å². The van der Waals surface area contributed by atoms with E-state index in [1.807, 2.05) is 12.1 Å². The third-order valence-electron chi connectivity index (χ3n) is 3.38. The van der Waals surface area contributed by atoms with Crippen molar-refractivity contribution >= 4 is 50.4 Å². The Morgan fingerprint density at radius 1 is 0.952 bits per heavy atom. The lowest BCUT2D eigenvalue weighted by Crippen LogP contribution is -2.07. The molecule has 0 N–H and O–H groups in total. The van der Waals surface area contributed by atoms with Crippen molar-refractivity contribution in [2.75, 3.05) is 0 Å². The second-order valence-electron chi connectivity index (χ2n) is 4.85. The summed E-state index contributed by atoms with van der Waals surface area (Å²) in [5.74, 6) is 0.119. The molecule has 0 saturated heterocycles.